The fraction of sp³-hybridized carbons (Fsp3) is 0.267. The van der Waals surface area contributed by atoms with Gasteiger partial charge in [0.05, 0.1) is 17.6 Å². The van der Waals surface area contributed by atoms with Crippen molar-refractivity contribution in [3.05, 3.63) is 42.4 Å². The van der Waals surface area contributed by atoms with Gasteiger partial charge in [-0.3, -0.25) is 4.79 Å². The first-order valence-corrected chi connectivity index (χ1v) is 6.73. The Morgan fingerprint density at radius 2 is 2.05 bits per heavy atom. The van der Waals surface area contributed by atoms with Crippen LogP contribution in [0.3, 0.4) is 0 Å². The predicted octanol–water partition coefficient (Wildman–Crippen LogP) is 2.71. The van der Waals surface area contributed by atoms with Crippen molar-refractivity contribution in [2.45, 2.75) is 12.8 Å². The zero-order valence-corrected chi connectivity index (χ0v) is 11.1. The molecule has 20 heavy (non-hydrogen) atoms. The van der Waals surface area contributed by atoms with Crippen molar-refractivity contribution >= 4 is 23.0 Å². The lowest BCUT2D eigenvalue weighted by molar-refractivity contribution is 0.0996. The Hall–Kier alpha value is -2.43. The molecule has 5 heteroatoms. The molecule has 104 valence electrons. The van der Waals surface area contributed by atoms with Crippen LogP contribution in [0.5, 0.6) is 0 Å². The molecule has 0 atom stereocenters. The minimum Gasteiger partial charge on any atom is -0.459 e. The van der Waals surface area contributed by atoms with Gasteiger partial charge in [-0.25, -0.2) is 0 Å². The summed E-state index contributed by atoms with van der Waals surface area (Å²) >= 11 is 0. The largest absolute Gasteiger partial charge is 0.459 e. The lowest BCUT2D eigenvalue weighted by Gasteiger charge is -2.20. The van der Waals surface area contributed by atoms with E-state index < -0.39 is 0 Å². The molecule has 2 aromatic rings. The second-order valence-electron chi connectivity index (χ2n) is 4.90. The van der Waals surface area contributed by atoms with Gasteiger partial charge in [0.15, 0.2) is 5.76 Å². The highest BCUT2D eigenvalue weighted by Crippen LogP contribution is 2.29. The molecular weight excluding hydrogens is 254 g/mol. The van der Waals surface area contributed by atoms with E-state index in [2.05, 4.69) is 10.2 Å². The smallest absolute Gasteiger partial charge is 0.291 e. The fourth-order valence-corrected chi connectivity index (χ4v) is 2.48. The number of hydrogen-bond donors (Lipinski definition) is 2. The maximum Gasteiger partial charge on any atom is 0.291 e. The Balaban J connectivity index is 1.75. The van der Waals surface area contributed by atoms with Crippen molar-refractivity contribution in [3.8, 4) is 0 Å². The van der Waals surface area contributed by atoms with Crippen molar-refractivity contribution in [1.82, 2.24) is 0 Å². The highest BCUT2D eigenvalue weighted by molar-refractivity contribution is 6.02. The first kappa shape index (κ1) is 12.6. The molecule has 3 rings (SSSR count). The van der Waals surface area contributed by atoms with Crippen molar-refractivity contribution in [2.24, 2.45) is 0 Å². The van der Waals surface area contributed by atoms with Gasteiger partial charge in [-0.05, 0) is 43.2 Å². The average Bonchev–Trinajstić information content (AvgIpc) is 3.12. The summed E-state index contributed by atoms with van der Waals surface area (Å²) in [5, 5.41) is 2.77. The molecule has 0 bridgehead atoms. The summed E-state index contributed by atoms with van der Waals surface area (Å²) in [5.41, 5.74) is 8.48. The molecule has 1 fully saturated rings. The van der Waals surface area contributed by atoms with Crippen LogP contribution in [-0.4, -0.2) is 19.0 Å². The number of furan rings is 1. The third-order valence-electron chi connectivity index (χ3n) is 3.48. The van der Waals surface area contributed by atoms with Crippen LogP contribution in [0.2, 0.25) is 0 Å². The zero-order chi connectivity index (χ0) is 13.9. The molecule has 1 saturated heterocycles. The summed E-state index contributed by atoms with van der Waals surface area (Å²) in [5.74, 6) is 0.00973. The number of nitrogen functional groups attached to an aromatic ring is 1. The minimum atomic E-state index is -0.275. The highest BCUT2D eigenvalue weighted by Gasteiger charge is 2.15. The molecular formula is C15H17N3O2. The SMILES string of the molecule is Nc1cc(NC(=O)c2ccco2)ccc1N1CCCC1. The number of nitrogens with zero attached hydrogens (tertiary/aromatic N) is 1. The number of amides is 1. The minimum absolute atomic E-state index is 0.275. The maximum atomic E-state index is 11.9. The van der Waals surface area contributed by atoms with Crippen LogP contribution in [0.4, 0.5) is 17.1 Å². The molecule has 1 aliphatic rings. The molecule has 0 saturated carbocycles. The first-order valence-electron chi connectivity index (χ1n) is 6.73. The third-order valence-corrected chi connectivity index (χ3v) is 3.48. The van der Waals surface area contributed by atoms with Gasteiger partial charge >= 0.3 is 0 Å². The number of carbonyl (C=O) groups excluding carboxylic acids is 1. The van der Waals surface area contributed by atoms with Gasteiger partial charge in [-0.15, -0.1) is 0 Å². The Bertz CT molecular complexity index is 602. The van der Waals surface area contributed by atoms with E-state index >= 15 is 0 Å². The molecule has 2 heterocycles. The van der Waals surface area contributed by atoms with E-state index in [4.69, 9.17) is 10.2 Å². The van der Waals surface area contributed by atoms with E-state index in [1.807, 2.05) is 12.1 Å². The van der Waals surface area contributed by atoms with Crippen molar-refractivity contribution < 1.29 is 9.21 Å². The van der Waals surface area contributed by atoms with E-state index in [-0.39, 0.29) is 11.7 Å². The summed E-state index contributed by atoms with van der Waals surface area (Å²) < 4.78 is 5.05. The summed E-state index contributed by atoms with van der Waals surface area (Å²) in [6.45, 7) is 2.09. The van der Waals surface area contributed by atoms with E-state index in [0.29, 0.717) is 11.4 Å². The second kappa shape index (κ2) is 5.28. The quantitative estimate of drug-likeness (QED) is 0.842. The zero-order valence-electron chi connectivity index (χ0n) is 11.1. The van der Waals surface area contributed by atoms with E-state index in [1.165, 1.54) is 19.1 Å². The second-order valence-corrected chi connectivity index (χ2v) is 4.90. The molecule has 0 radical (unpaired) electrons. The lowest BCUT2D eigenvalue weighted by atomic mass is 10.2. The molecule has 0 spiro atoms. The monoisotopic (exact) mass is 271 g/mol. The van der Waals surface area contributed by atoms with Gasteiger partial charge in [0.2, 0.25) is 0 Å². The van der Waals surface area contributed by atoms with Crippen molar-refractivity contribution in [2.75, 3.05) is 29.0 Å². The molecule has 1 amide bonds. The maximum absolute atomic E-state index is 11.9. The van der Waals surface area contributed by atoms with Gasteiger partial charge in [0.1, 0.15) is 0 Å². The van der Waals surface area contributed by atoms with Gasteiger partial charge in [0, 0.05) is 18.8 Å². The number of rotatable bonds is 3. The molecule has 1 aromatic carbocycles. The predicted molar refractivity (Wildman–Crippen MR) is 79.0 cm³/mol. The number of hydrogen-bond acceptors (Lipinski definition) is 4. The average molecular weight is 271 g/mol. The topological polar surface area (TPSA) is 71.5 Å². The Morgan fingerprint density at radius 3 is 2.70 bits per heavy atom. The van der Waals surface area contributed by atoms with Gasteiger partial charge < -0.3 is 20.4 Å². The van der Waals surface area contributed by atoms with Crippen LogP contribution in [0, 0.1) is 0 Å². The van der Waals surface area contributed by atoms with Crippen molar-refractivity contribution in [3.63, 3.8) is 0 Å². The standard InChI is InChI=1S/C15H17N3O2/c16-12-10-11(17-15(19)14-4-3-9-20-14)5-6-13(12)18-7-1-2-8-18/h3-6,9-10H,1-2,7-8,16H2,(H,17,19). The number of nitrogens with two attached hydrogens (primary N) is 1. The van der Waals surface area contributed by atoms with Crippen LogP contribution in [0.25, 0.3) is 0 Å². The number of anilines is 3. The fourth-order valence-electron chi connectivity index (χ4n) is 2.48. The first-order chi connectivity index (χ1) is 9.74. The van der Waals surface area contributed by atoms with Crippen LogP contribution in [0.1, 0.15) is 23.4 Å². The Kier molecular flexibility index (Phi) is 3.33. The molecule has 0 unspecified atom stereocenters. The third kappa shape index (κ3) is 2.47. The Morgan fingerprint density at radius 1 is 1.25 bits per heavy atom. The van der Waals surface area contributed by atoms with Crippen LogP contribution < -0.4 is 16.0 Å². The summed E-state index contributed by atoms with van der Waals surface area (Å²) in [4.78, 5) is 14.1. The number of benzene rings is 1. The van der Waals surface area contributed by atoms with Gasteiger partial charge in [-0.2, -0.15) is 0 Å². The highest BCUT2D eigenvalue weighted by atomic mass is 16.3. The normalized spacial score (nSPS) is 14.5. The van der Waals surface area contributed by atoms with E-state index in [0.717, 1.165) is 18.8 Å². The molecule has 3 N–H and O–H groups in total. The summed E-state index contributed by atoms with van der Waals surface area (Å²) in [6, 6.07) is 8.91. The summed E-state index contributed by atoms with van der Waals surface area (Å²) in [6.07, 6.45) is 3.88. The van der Waals surface area contributed by atoms with E-state index in [1.54, 1.807) is 18.2 Å². The van der Waals surface area contributed by atoms with E-state index in [9.17, 15) is 4.79 Å². The van der Waals surface area contributed by atoms with Crippen molar-refractivity contribution in [1.29, 1.82) is 0 Å². The van der Waals surface area contributed by atoms with Crippen LogP contribution in [0.15, 0.2) is 41.0 Å². The molecule has 1 aliphatic heterocycles. The lowest BCUT2D eigenvalue weighted by Crippen LogP contribution is -2.19. The summed E-state index contributed by atoms with van der Waals surface area (Å²) in [7, 11) is 0. The molecule has 0 aliphatic carbocycles. The molecule has 5 nitrogen and oxygen atoms in total. The molecule has 1 aromatic heterocycles. The van der Waals surface area contributed by atoms with Gasteiger partial charge in [-0.1, -0.05) is 0 Å². The van der Waals surface area contributed by atoms with Crippen LogP contribution >= 0.6 is 0 Å². The van der Waals surface area contributed by atoms with Gasteiger partial charge in [0.25, 0.3) is 5.91 Å². The van der Waals surface area contributed by atoms with Crippen LogP contribution in [-0.2, 0) is 0 Å². The number of carbonyl (C=O) groups is 1. The Labute approximate surface area is 117 Å². The number of nitrogens with one attached hydrogen (secondary N) is 1.